The average Bonchev–Trinajstić information content (AvgIpc) is 3.61. The number of hydrogen-bond donors (Lipinski definition) is 2. The maximum Gasteiger partial charge on any atom is 0.312 e. The lowest BCUT2D eigenvalue weighted by Gasteiger charge is -2.43. The van der Waals surface area contributed by atoms with Crippen molar-refractivity contribution in [3.05, 3.63) is 25.3 Å². The lowest BCUT2D eigenvalue weighted by Crippen LogP contribution is -2.61. The summed E-state index contributed by atoms with van der Waals surface area (Å²) >= 11 is 0. The first kappa shape index (κ1) is 32.2. The van der Waals surface area contributed by atoms with Crippen molar-refractivity contribution in [1.82, 2.24) is 15.1 Å². The van der Waals surface area contributed by atoms with Gasteiger partial charge in [0.2, 0.25) is 17.7 Å². The van der Waals surface area contributed by atoms with Crippen LogP contribution < -0.4 is 5.32 Å². The van der Waals surface area contributed by atoms with E-state index in [1.807, 2.05) is 18.7 Å². The van der Waals surface area contributed by atoms with Gasteiger partial charge in [0.15, 0.2) is 0 Å². The Kier molecular flexibility index (Phi) is 10.5. The first-order valence-corrected chi connectivity index (χ1v) is 15.7. The maximum atomic E-state index is 14.6. The zero-order chi connectivity index (χ0) is 30.6. The molecule has 0 aromatic heterocycles. The van der Waals surface area contributed by atoms with Crippen LogP contribution in [0.25, 0.3) is 0 Å². The number of ether oxygens (including phenoxy) is 2. The zero-order valence-electron chi connectivity index (χ0n) is 25.5. The smallest absolute Gasteiger partial charge is 0.312 e. The molecule has 3 saturated heterocycles. The standard InChI is InChI=1S/C32H49N3O7/c1-6-8-14-25(37)33-18-21(5)41-31(40)26-24-15-16-32(42-24)27(26)29(38)35(23(19-36)20(3)4)28(32)30(39)34(17-7-2)22-12-10-9-11-13-22/h6-7,20-24,26-28,36H,1-2,8-19H2,3-5H3,(H,33,37)/t21-,23+,24+,26-,27-,28+,32-/m1/s1. The second-order valence-electron chi connectivity index (χ2n) is 12.7. The molecular weight excluding hydrogens is 538 g/mol. The van der Waals surface area contributed by atoms with Crippen molar-refractivity contribution >= 4 is 23.7 Å². The van der Waals surface area contributed by atoms with Gasteiger partial charge in [-0.1, -0.05) is 45.3 Å². The Morgan fingerprint density at radius 3 is 2.50 bits per heavy atom. The first-order valence-electron chi connectivity index (χ1n) is 15.7. The number of esters is 1. The molecule has 10 nitrogen and oxygen atoms in total. The molecule has 0 aromatic rings. The molecule has 4 rings (SSSR count). The molecular formula is C32H49N3O7. The van der Waals surface area contributed by atoms with Crippen LogP contribution in [-0.4, -0.2) is 94.2 Å². The molecule has 3 aliphatic heterocycles. The van der Waals surface area contributed by atoms with Crippen LogP contribution in [0.15, 0.2) is 25.3 Å². The van der Waals surface area contributed by atoms with Gasteiger partial charge in [0.25, 0.3) is 0 Å². The van der Waals surface area contributed by atoms with Crippen molar-refractivity contribution in [3.8, 4) is 0 Å². The average molecular weight is 588 g/mol. The normalized spacial score (nSPS) is 30.1. The third kappa shape index (κ3) is 6.02. The number of aliphatic hydroxyl groups is 1. The molecule has 0 aromatic carbocycles. The summed E-state index contributed by atoms with van der Waals surface area (Å²) in [6.45, 7) is 13.2. The summed E-state index contributed by atoms with van der Waals surface area (Å²) in [6.07, 6.45) is 9.11. The van der Waals surface area contributed by atoms with Gasteiger partial charge in [-0.2, -0.15) is 0 Å². The molecule has 3 heterocycles. The van der Waals surface area contributed by atoms with Crippen LogP contribution >= 0.6 is 0 Å². The maximum absolute atomic E-state index is 14.6. The molecule has 3 amide bonds. The third-order valence-electron chi connectivity index (χ3n) is 9.66. The number of amides is 3. The minimum atomic E-state index is -1.17. The number of fused-ring (bicyclic) bond motifs is 1. The van der Waals surface area contributed by atoms with E-state index in [4.69, 9.17) is 9.47 Å². The minimum absolute atomic E-state index is 0.0465. The lowest BCUT2D eigenvalue weighted by molar-refractivity contribution is -0.160. The number of allylic oxidation sites excluding steroid dienone is 1. The predicted octanol–water partition coefficient (Wildman–Crippen LogP) is 2.74. The monoisotopic (exact) mass is 587 g/mol. The Balaban J connectivity index is 1.62. The lowest BCUT2D eigenvalue weighted by atomic mass is 9.70. The molecule has 2 N–H and O–H groups in total. The van der Waals surface area contributed by atoms with Crippen molar-refractivity contribution < 1.29 is 33.8 Å². The van der Waals surface area contributed by atoms with Gasteiger partial charge in [-0.25, -0.2) is 0 Å². The molecule has 234 valence electrons. The Bertz CT molecular complexity index is 1040. The number of nitrogens with zero attached hydrogens (tertiary/aromatic N) is 2. The molecule has 1 aliphatic carbocycles. The van der Waals surface area contributed by atoms with E-state index in [2.05, 4.69) is 18.5 Å². The highest BCUT2D eigenvalue weighted by Gasteiger charge is 2.76. The highest BCUT2D eigenvalue weighted by Crippen LogP contribution is 2.59. The van der Waals surface area contributed by atoms with Gasteiger partial charge in [0, 0.05) is 19.0 Å². The van der Waals surface area contributed by atoms with Gasteiger partial charge in [-0.05, 0) is 44.9 Å². The second-order valence-corrected chi connectivity index (χ2v) is 12.7. The number of hydrogen-bond acceptors (Lipinski definition) is 7. The second kappa shape index (κ2) is 13.7. The summed E-state index contributed by atoms with van der Waals surface area (Å²) in [5, 5.41) is 13.2. The molecule has 4 fully saturated rings. The number of aliphatic hydroxyl groups excluding tert-OH is 1. The fourth-order valence-corrected chi connectivity index (χ4v) is 7.62. The van der Waals surface area contributed by atoms with Gasteiger partial charge in [-0.3, -0.25) is 19.2 Å². The molecule has 0 radical (unpaired) electrons. The molecule has 7 atom stereocenters. The summed E-state index contributed by atoms with van der Waals surface area (Å²) in [6, 6.07) is -1.50. The van der Waals surface area contributed by atoms with Gasteiger partial charge in [-0.15, -0.1) is 13.2 Å². The van der Waals surface area contributed by atoms with Crippen LogP contribution in [0.2, 0.25) is 0 Å². The van der Waals surface area contributed by atoms with Crippen molar-refractivity contribution in [1.29, 1.82) is 0 Å². The number of rotatable bonds is 14. The number of likely N-dealkylation sites (tertiary alicyclic amines) is 1. The molecule has 0 unspecified atom stereocenters. The predicted molar refractivity (Wildman–Crippen MR) is 157 cm³/mol. The molecule has 42 heavy (non-hydrogen) atoms. The molecule has 1 spiro atoms. The first-order chi connectivity index (χ1) is 20.1. The van der Waals surface area contributed by atoms with Crippen molar-refractivity contribution in [3.63, 3.8) is 0 Å². The van der Waals surface area contributed by atoms with Gasteiger partial charge < -0.3 is 29.7 Å². The zero-order valence-corrected chi connectivity index (χ0v) is 25.5. The summed E-state index contributed by atoms with van der Waals surface area (Å²) in [7, 11) is 0. The summed E-state index contributed by atoms with van der Waals surface area (Å²) in [4.78, 5) is 58.0. The van der Waals surface area contributed by atoms with Crippen LogP contribution in [0.5, 0.6) is 0 Å². The highest BCUT2D eigenvalue weighted by atomic mass is 16.6. The van der Waals surface area contributed by atoms with Crippen molar-refractivity contribution in [2.75, 3.05) is 19.7 Å². The van der Waals surface area contributed by atoms with Crippen molar-refractivity contribution in [2.45, 2.75) is 114 Å². The van der Waals surface area contributed by atoms with E-state index < -0.39 is 47.7 Å². The Labute approximate surface area is 249 Å². The summed E-state index contributed by atoms with van der Waals surface area (Å²) in [5.74, 6) is -3.11. The van der Waals surface area contributed by atoms with E-state index in [1.165, 1.54) is 0 Å². The Morgan fingerprint density at radius 1 is 1.17 bits per heavy atom. The topological polar surface area (TPSA) is 125 Å². The Morgan fingerprint density at radius 2 is 1.88 bits per heavy atom. The van der Waals surface area contributed by atoms with Gasteiger partial charge in [0.1, 0.15) is 17.7 Å². The van der Waals surface area contributed by atoms with Gasteiger partial charge >= 0.3 is 5.97 Å². The van der Waals surface area contributed by atoms with Crippen LogP contribution in [0.3, 0.4) is 0 Å². The summed E-state index contributed by atoms with van der Waals surface area (Å²) in [5.41, 5.74) is -1.17. The number of nitrogens with one attached hydrogen (secondary N) is 1. The molecule has 10 heteroatoms. The van der Waals surface area contributed by atoms with Crippen LogP contribution in [0.4, 0.5) is 0 Å². The quantitative estimate of drug-likeness (QED) is 0.237. The van der Waals surface area contributed by atoms with E-state index in [0.29, 0.717) is 32.2 Å². The van der Waals surface area contributed by atoms with Crippen LogP contribution in [0.1, 0.15) is 78.6 Å². The van der Waals surface area contributed by atoms with E-state index in [9.17, 15) is 24.3 Å². The molecule has 4 aliphatic rings. The molecule has 2 bridgehead atoms. The molecule has 1 saturated carbocycles. The fourth-order valence-electron chi connectivity index (χ4n) is 7.62. The van der Waals surface area contributed by atoms with Crippen molar-refractivity contribution in [2.24, 2.45) is 17.8 Å². The van der Waals surface area contributed by atoms with Gasteiger partial charge in [0.05, 0.1) is 37.1 Å². The summed E-state index contributed by atoms with van der Waals surface area (Å²) < 4.78 is 12.3. The fraction of sp³-hybridized carbons (Fsp3) is 0.750. The highest BCUT2D eigenvalue weighted by molar-refractivity contribution is 5.98. The number of carbonyl (C=O) groups excluding carboxylic acids is 4. The van der Waals surface area contributed by atoms with Crippen LogP contribution in [0, 0.1) is 17.8 Å². The van der Waals surface area contributed by atoms with E-state index in [-0.39, 0.29) is 42.8 Å². The number of carbonyl (C=O) groups is 4. The van der Waals surface area contributed by atoms with Crippen LogP contribution in [-0.2, 0) is 28.7 Å². The van der Waals surface area contributed by atoms with E-state index in [0.717, 1.165) is 32.1 Å². The van der Waals surface area contributed by atoms with E-state index >= 15 is 0 Å². The third-order valence-corrected chi connectivity index (χ3v) is 9.66. The SMILES string of the molecule is C=CCCC(=O)NC[C@@H](C)OC(=O)[C@@H]1[C@@H]2CC[C@]3(O2)[C@H](C(=O)N(CC=C)C2CCCCC2)N([C@@H](CO)C(C)C)C(=O)[C@@H]13. The van der Waals surface area contributed by atoms with E-state index in [1.54, 1.807) is 24.0 Å². The Hall–Kier alpha value is -2.72. The minimum Gasteiger partial charge on any atom is -0.460 e. The largest absolute Gasteiger partial charge is 0.460 e.